The van der Waals surface area contributed by atoms with E-state index in [1.165, 1.54) is 4.90 Å². The number of rotatable bonds is 9. The lowest BCUT2D eigenvalue weighted by Gasteiger charge is -2.29. The van der Waals surface area contributed by atoms with E-state index in [9.17, 15) is 9.59 Å². The number of carbonyl (C=O) groups is 2. The summed E-state index contributed by atoms with van der Waals surface area (Å²) in [4.78, 5) is 27.2. The molecule has 0 bridgehead atoms. The van der Waals surface area contributed by atoms with Crippen molar-refractivity contribution in [3.05, 3.63) is 62.0 Å². The van der Waals surface area contributed by atoms with Crippen LogP contribution in [0.1, 0.15) is 31.9 Å². The van der Waals surface area contributed by atoms with Gasteiger partial charge >= 0.3 is 0 Å². The molecule has 0 heterocycles. The highest BCUT2D eigenvalue weighted by Crippen LogP contribution is 2.27. The van der Waals surface area contributed by atoms with Crippen LogP contribution in [0.2, 0.25) is 10.0 Å². The van der Waals surface area contributed by atoms with Gasteiger partial charge < -0.3 is 15.0 Å². The Balaban J connectivity index is 2.21. The van der Waals surface area contributed by atoms with Gasteiger partial charge in [0.15, 0.2) is 6.61 Å². The number of halogens is 3. The van der Waals surface area contributed by atoms with Crippen LogP contribution in [0.4, 0.5) is 0 Å². The number of amides is 2. The second kappa shape index (κ2) is 11.7. The van der Waals surface area contributed by atoms with E-state index in [4.69, 9.17) is 27.9 Å². The van der Waals surface area contributed by atoms with Gasteiger partial charge in [-0.2, -0.15) is 0 Å². The van der Waals surface area contributed by atoms with Crippen LogP contribution < -0.4 is 10.1 Å². The maximum absolute atomic E-state index is 13.1. The summed E-state index contributed by atoms with van der Waals surface area (Å²) in [6.07, 6.45) is 0. The van der Waals surface area contributed by atoms with Gasteiger partial charge in [0.05, 0.1) is 0 Å². The van der Waals surface area contributed by atoms with Gasteiger partial charge in [0.25, 0.3) is 5.91 Å². The Morgan fingerprint density at radius 1 is 1.13 bits per heavy atom. The molecule has 1 N–H and O–H groups in total. The second-order valence-corrected chi connectivity index (χ2v) is 9.41. The zero-order chi connectivity index (χ0) is 23.1. The molecule has 0 aromatic heterocycles. The summed E-state index contributed by atoms with van der Waals surface area (Å²) in [5.41, 5.74) is 1.58. The Morgan fingerprint density at radius 2 is 1.77 bits per heavy atom. The maximum Gasteiger partial charge on any atom is 0.261 e. The highest BCUT2D eigenvalue weighted by molar-refractivity contribution is 9.10. The van der Waals surface area contributed by atoms with E-state index in [-0.39, 0.29) is 25.0 Å². The van der Waals surface area contributed by atoms with Crippen molar-refractivity contribution < 1.29 is 14.3 Å². The summed E-state index contributed by atoms with van der Waals surface area (Å²) in [5.74, 6) is 0.275. The third-order valence-corrected chi connectivity index (χ3v) is 6.33. The van der Waals surface area contributed by atoms with Crippen LogP contribution in [-0.4, -0.2) is 35.9 Å². The lowest BCUT2D eigenvalue weighted by molar-refractivity contribution is -0.142. The first kappa shape index (κ1) is 25.5. The standard InChI is InChI=1S/C23H27BrCl2N2O3/c1-14(2)11-27-23(30)16(4)28(12-18-20(25)6-5-7-21(18)26)22(29)13-31-17-8-9-19(24)15(3)10-17/h5-10,14,16H,11-13H2,1-4H3,(H,27,30). The molecule has 0 aliphatic heterocycles. The van der Waals surface area contributed by atoms with E-state index in [1.54, 1.807) is 31.2 Å². The molecule has 2 amide bonds. The lowest BCUT2D eigenvalue weighted by Crippen LogP contribution is -2.49. The molecule has 0 saturated heterocycles. The quantitative estimate of drug-likeness (QED) is 0.457. The van der Waals surface area contributed by atoms with Crippen molar-refractivity contribution in [1.29, 1.82) is 0 Å². The van der Waals surface area contributed by atoms with Gasteiger partial charge in [0, 0.05) is 33.2 Å². The van der Waals surface area contributed by atoms with Gasteiger partial charge in [-0.15, -0.1) is 0 Å². The molecular weight excluding hydrogens is 503 g/mol. The molecule has 2 aromatic carbocycles. The van der Waals surface area contributed by atoms with Gasteiger partial charge in [-0.05, 0) is 55.7 Å². The monoisotopic (exact) mass is 528 g/mol. The van der Waals surface area contributed by atoms with Crippen molar-refractivity contribution in [2.24, 2.45) is 5.92 Å². The predicted octanol–water partition coefficient (Wildman–Crippen LogP) is 5.63. The molecule has 2 rings (SSSR count). The number of hydrogen-bond acceptors (Lipinski definition) is 3. The molecule has 0 radical (unpaired) electrons. The first-order valence-electron chi connectivity index (χ1n) is 9.99. The second-order valence-electron chi connectivity index (χ2n) is 7.74. The summed E-state index contributed by atoms with van der Waals surface area (Å²) in [6, 6.07) is 9.89. The first-order chi connectivity index (χ1) is 14.6. The van der Waals surface area contributed by atoms with Crippen LogP contribution in [-0.2, 0) is 16.1 Å². The third kappa shape index (κ3) is 7.41. The van der Waals surface area contributed by atoms with Gasteiger partial charge in [-0.3, -0.25) is 9.59 Å². The molecule has 0 aliphatic rings. The van der Waals surface area contributed by atoms with Crippen molar-refractivity contribution in [1.82, 2.24) is 10.2 Å². The Hall–Kier alpha value is -1.76. The van der Waals surface area contributed by atoms with E-state index in [2.05, 4.69) is 21.2 Å². The molecule has 2 aromatic rings. The minimum atomic E-state index is -0.728. The number of aryl methyl sites for hydroxylation is 1. The Kier molecular flexibility index (Phi) is 9.66. The van der Waals surface area contributed by atoms with Crippen molar-refractivity contribution in [2.75, 3.05) is 13.2 Å². The Labute approximate surface area is 202 Å². The van der Waals surface area contributed by atoms with Crippen LogP contribution in [0.5, 0.6) is 5.75 Å². The van der Waals surface area contributed by atoms with Gasteiger partial charge in [-0.1, -0.05) is 59.0 Å². The number of carbonyl (C=O) groups excluding carboxylic acids is 2. The topological polar surface area (TPSA) is 58.6 Å². The van der Waals surface area contributed by atoms with Crippen LogP contribution in [0.25, 0.3) is 0 Å². The minimum absolute atomic E-state index is 0.0936. The predicted molar refractivity (Wildman–Crippen MR) is 129 cm³/mol. The number of ether oxygens (including phenoxy) is 1. The fraction of sp³-hybridized carbons (Fsp3) is 0.391. The van der Waals surface area contributed by atoms with E-state index in [0.29, 0.717) is 33.8 Å². The van der Waals surface area contributed by atoms with Crippen molar-refractivity contribution in [2.45, 2.75) is 40.3 Å². The lowest BCUT2D eigenvalue weighted by atomic mass is 10.1. The molecule has 0 spiro atoms. The molecule has 8 heteroatoms. The Morgan fingerprint density at radius 3 is 2.35 bits per heavy atom. The van der Waals surface area contributed by atoms with E-state index in [0.717, 1.165) is 10.0 Å². The first-order valence-corrected chi connectivity index (χ1v) is 11.5. The fourth-order valence-corrected chi connectivity index (χ4v) is 3.59. The van der Waals surface area contributed by atoms with Crippen LogP contribution in [0.3, 0.4) is 0 Å². The van der Waals surface area contributed by atoms with Crippen LogP contribution in [0.15, 0.2) is 40.9 Å². The van der Waals surface area contributed by atoms with Crippen molar-refractivity contribution >= 4 is 50.9 Å². The van der Waals surface area contributed by atoms with E-state index >= 15 is 0 Å². The molecule has 1 atom stereocenters. The van der Waals surface area contributed by atoms with Crippen LogP contribution in [0, 0.1) is 12.8 Å². The molecule has 0 aliphatic carbocycles. The van der Waals surface area contributed by atoms with Crippen molar-refractivity contribution in [3.8, 4) is 5.75 Å². The number of benzene rings is 2. The van der Waals surface area contributed by atoms with Crippen molar-refractivity contribution in [3.63, 3.8) is 0 Å². The summed E-state index contributed by atoms with van der Waals surface area (Å²) in [5, 5.41) is 3.74. The highest BCUT2D eigenvalue weighted by atomic mass is 79.9. The molecule has 5 nitrogen and oxygen atoms in total. The molecular formula is C23H27BrCl2N2O3. The fourth-order valence-electron chi connectivity index (χ4n) is 2.82. The average Bonchev–Trinajstić information content (AvgIpc) is 2.72. The molecule has 0 saturated carbocycles. The molecule has 1 unspecified atom stereocenters. The van der Waals surface area contributed by atoms with Gasteiger partial charge in [-0.25, -0.2) is 0 Å². The Bertz CT molecular complexity index is 917. The van der Waals surface area contributed by atoms with E-state index in [1.807, 2.05) is 32.9 Å². The third-order valence-electron chi connectivity index (χ3n) is 4.73. The zero-order valence-electron chi connectivity index (χ0n) is 18.0. The minimum Gasteiger partial charge on any atom is -0.484 e. The van der Waals surface area contributed by atoms with Crippen LogP contribution >= 0.6 is 39.1 Å². The zero-order valence-corrected chi connectivity index (χ0v) is 21.1. The summed E-state index contributed by atoms with van der Waals surface area (Å²) in [6.45, 7) is 8.03. The molecule has 168 valence electrons. The summed E-state index contributed by atoms with van der Waals surface area (Å²) < 4.78 is 6.66. The summed E-state index contributed by atoms with van der Waals surface area (Å²) in [7, 11) is 0. The smallest absolute Gasteiger partial charge is 0.261 e. The van der Waals surface area contributed by atoms with Gasteiger partial charge in [0.1, 0.15) is 11.8 Å². The largest absolute Gasteiger partial charge is 0.484 e. The summed E-state index contributed by atoms with van der Waals surface area (Å²) >= 11 is 16.1. The van der Waals surface area contributed by atoms with E-state index < -0.39 is 6.04 Å². The van der Waals surface area contributed by atoms with Gasteiger partial charge in [0.2, 0.25) is 5.91 Å². The number of nitrogens with one attached hydrogen (secondary N) is 1. The highest BCUT2D eigenvalue weighted by Gasteiger charge is 2.28. The molecule has 31 heavy (non-hydrogen) atoms. The number of hydrogen-bond donors (Lipinski definition) is 1. The molecule has 0 fully saturated rings. The SMILES string of the molecule is Cc1cc(OCC(=O)N(Cc2c(Cl)cccc2Cl)C(C)C(=O)NCC(C)C)ccc1Br. The number of nitrogens with zero attached hydrogens (tertiary/aromatic N) is 1. The maximum atomic E-state index is 13.1. The average molecular weight is 530 g/mol. The normalized spacial score (nSPS) is 11.9.